The van der Waals surface area contributed by atoms with Crippen LogP contribution < -0.4 is 10.1 Å². The largest absolute Gasteiger partial charge is 0.483 e. The predicted octanol–water partition coefficient (Wildman–Crippen LogP) is 3.33. The maximum Gasteiger partial charge on any atom is 0.264 e. The van der Waals surface area contributed by atoms with Gasteiger partial charge in [-0.15, -0.1) is 0 Å². The summed E-state index contributed by atoms with van der Waals surface area (Å²) in [5.74, 6) is 0.336. The number of carbonyl (C=O) groups excluding carboxylic acids is 2. The molecule has 2 heterocycles. The van der Waals surface area contributed by atoms with Crippen LogP contribution in [0.15, 0.2) is 42.5 Å². The molecule has 0 bridgehead atoms. The number of amides is 2. The van der Waals surface area contributed by atoms with Gasteiger partial charge in [0, 0.05) is 24.2 Å². The van der Waals surface area contributed by atoms with Crippen molar-refractivity contribution in [2.75, 3.05) is 25.0 Å². The molecule has 0 aliphatic carbocycles. The molecule has 1 aliphatic rings. The first-order chi connectivity index (χ1) is 13.2. The molecule has 3 aromatic rings. The maximum atomic E-state index is 12.4. The Hall–Kier alpha value is -2.93. The standard InChI is InChI=1S/C20H19N3O3S/c1-2-23-11-10-13-14(19(23)25)6-5-8-16(13)26-12-18(24)22-20-21-15-7-3-4-9-17(15)27-20/h3-9H,2,10-12H2,1H3,(H,21,22,24). The van der Waals surface area contributed by atoms with Crippen LogP contribution in [0.4, 0.5) is 5.13 Å². The van der Waals surface area contributed by atoms with Gasteiger partial charge in [0.15, 0.2) is 11.7 Å². The van der Waals surface area contributed by atoms with Crippen LogP contribution in [-0.4, -0.2) is 41.4 Å². The van der Waals surface area contributed by atoms with E-state index in [4.69, 9.17) is 4.74 Å². The highest BCUT2D eigenvalue weighted by Gasteiger charge is 2.25. The van der Waals surface area contributed by atoms with E-state index < -0.39 is 0 Å². The van der Waals surface area contributed by atoms with E-state index in [0.717, 1.165) is 22.2 Å². The van der Waals surface area contributed by atoms with Gasteiger partial charge < -0.3 is 9.64 Å². The number of carbonyl (C=O) groups is 2. The molecule has 0 unspecified atom stereocenters. The molecule has 1 aromatic heterocycles. The Labute approximate surface area is 160 Å². The van der Waals surface area contributed by atoms with Crippen LogP contribution in [0.25, 0.3) is 10.2 Å². The molecule has 2 amide bonds. The number of anilines is 1. The summed E-state index contributed by atoms with van der Waals surface area (Å²) in [4.78, 5) is 30.9. The normalized spacial score (nSPS) is 13.5. The Bertz CT molecular complexity index is 982. The van der Waals surface area contributed by atoms with Gasteiger partial charge in [0.25, 0.3) is 11.8 Å². The highest BCUT2D eigenvalue weighted by atomic mass is 32.1. The van der Waals surface area contributed by atoms with Crippen molar-refractivity contribution in [2.24, 2.45) is 0 Å². The summed E-state index contributed by atoms with van der Waals surface area (Å²) >= 11 is 1.42. The minimum absolute atomic E-state index is 0.0168. The van der Waals surface area contributed by atoms with Gasteiger partial charge in [-0.25, -0.2) is 4.98 Å². The Morgan fingerprint density at radius 3 is 2.93 bits per heavy atom. The summed E-state index contributed by atoms with van der Waals surface area (Å²) in [5.41, 5.74) is 2.39. The van der Waals surface area contributed by atoms with E-state index in [9.17, 15) is 9.59 Å². The van der Waals surface area contributed by atoms with E-state index >= 15 is 0 Å². The quantitative estimate of drug-likeness (QED) is 0.736. The summed E-state index contributed by atoms with van der Waals surface area (Å²) in [6.07, 6.45) is 0.727. The minimum Gasteiger partial charge on any atom is -0.483 e. The molecule has 0 radical (unpaired) electrons. The summed E-state index contributed by atoms with van der Waals surface area (Å²) < 4.78 is 6.74. The van der Waals surface area contributed by atoms with Gasteiger partial charge in [-0.1, -0.05) is 29.5 Å². The molecule has 1 aliphatic heterocycles. The Morgan fingerprint density at radius 2 is 2.11 bits per heavy atom. The Morgan fingerprint density at radius 1 is 1.26 bits per heavy atom. The van der Waals surface area contributed by atoms with E-state index in [-0.39, 0.29) is 18.4 Å². The highest BCUT2D eigenvalue weighted by Crippen LogP contribution is 2.28. The van der Waals surface area contributed by atoms with Gasteiger partial charge >= 0.3 is 0 Å². The number of benzene rings is 2. The number of likely N-dealkylation sites (N-methyl/N-ethyl adjacent to an activating group) is 1. The number of rotatable bonds is 5. The van der Waals surface area contributed by atoms with Gasteiger partial charge in [-0.2, -0.15) is 0 Å². The van der Waals surface area contributed by atoms with Gasteiger partial charge in [0.1, 0.15) is 5.75 Å². The number of fused-ring (bicyclic) bond motifs is 2. The van der Waals surface area contributed by atoms with Crippen molar-refractivity contribution in [1.29, 1.82) is 0 Å². The molecule has 4 rings (SSSR count). The lowest BCUT2D eigenvalue weighted by molar-refractivity contribution is -0.118. The third-order valence-electron chi connectivity index (χ3n) is 4.56. The fourth-order valence-corrected chi connectivity index (χ4v) is 4.09. The highest BCUT2D eigenvalue weighted by molar-refractivity contribution is 7.22. The lowest BCUT2D eigenvalue weighted by atomic mass is 9.98. The second-order valence-electron chi connectivity index (χ2n) is 6.24. The smallest absolute Gasteiger partial charge is 0.264 e. The van der Waals surface area contributed by atoms with E-state index in [1.54, 1.807) is 12.1 Å². The zero-order chi connectivity index (χ0) is 18.8. The first-order valence-electron chi connectivity index (χ1n) is 8.85. The van der Waals surface area contributed by atoms with E-state index in [1.807, 2.05) is 42.2 Å². The number of para-hydroxylation sites is 1. The van der Waals surface area contributed by atoms with Gasteiger partial charge in [-0.05, 0) is 37.6 Å². The van der Waals surface area contributed by atoms with Gasteiger partial charge in [-0.3, -0.25) is 14.9 Å². The van der Waals surface area contributed by atoms with Crippen molar-refractivity contribution >= 4 is 38.5 Å². The zero-order valence-corrected chi connectivity index (χ0v) is 15.7. The average Bonchev–Trinajstić information content (AvgIpc) is 3.09. The second kappa shape index (κ2) is 7.36. The van der Waals surface area contributed by atoms with Crippen molar-refractivity contribution in [3.05, 3.63) is 53.6 Å². The Kier molecular flexibility index (Phi) is 4.77. The van der Waals surface area contributed by atoms with Crippen LogP contribution in [0, 0.1) is 0 Å². The van der Waals surface area contributed by atoms with Crippen LogP contribution in [0.2, 0.25) is 0 Å². The number of hydrogen-bond donors (Lipinski definition) is 1. The average molecular weight is 381 g/mol. The van der Waals surface area contributed by atoms with E-state index in [0.29, 0.717) is 29.5 Å². The lowest BCUT2D eigenvalue weighted by Crippen LogP contribution is -2.37. The zero-order valence-electron chi connectivity index (χ0n) is 14.9. The number of hydrogen-bond acceptors (Lipinski definition) is 5. The van der Waals surface area contributed by atoms with Crippen molar-refractivity contribution < 1.29 is 14.3 Å². The van der Waals surface area contributed by atoms with Crippen molar-refractivity contribution in [1.82, 2.24) is 9.88 Å². The van der Waals surface area contributed by atoms with Crippen LogP contribution in [0.5, 0.6) is 5.75 Å². The molecule has 0 saturated carbocycles. The fourth-order valence-electron chi connectivity index (χ4n) is 3.20. The van der Waals surface area contributed by atoms with E-state index in [1.165, 1.54) is 11.3 Å². The van der Waals surface area contributed by atoms with Crippen LogP contribution in [0.3, 0.4) is 0 Å². The molecule has 6 nitrogen and oxygen atoms in total. The van der Waals surface area contributed by atoms with Crippen molar-refractivity contribution in [3.63, 3.8) is 0 Å². The van der Waals surface area contributed by atoms with E-state index in [2.05, 4.69) is 10.3 Å². The number of ether oxygens (including phenoxy) is 1. The SMILES string of the molecule is CCN1CCc2c(OCC(=O)Nc3nc4ccccc4s3)cccc2C1=O. The lowest BCUT2D eigenvalue weighted by Gasteiger charge is -2.28. The second-order valence-corrected chi connectivity index (χ2v) is 7.27. The van der Waals surface area contributed by atoms with Crippen LogP contribution >= 0.6 is 11.3 Å². The Balaban J connectivity index is 1.44. The van der Waals surface area contributed by atoms with Gasteiger partial charge in [0.05, 0.1) is 10.2 Å². The molecule has 1 N–H and O–H groups in total. The molecule has 0 spiro atoms. The molecule has 0 atom stereocenters. The molecule has 7 heteroatoms. The molecule has 2 aromatic carbocycles. The summed E-state index contributed by atoms with van der Waals surface area (Å²) in [6, 6.07) is 13.1. The van der Waals surface area contributed by atoms with Crippen LogP contribution in [-0.2, 0) is 11.2 Å². The third kappa shape index (κ3) is 3.50. The third-order valence-corrected chi connectivity index (χ3v) is 5.51. The predicted molar refractivity (Wildman–Crippen MR) is 105 cm³/mol. The molecule has 0 fully saturated rings. The topological polar surface area (TPSA) is 71.5 Å². The fraction of sp³-hybridized carbons (Fsp3) is 0.250. The summed E-state index contributed by atoms with van der Waals surface area (Å²) in [5, 5.41) is 3.32. The van der Waals surface area contributed by atoms with Crippen LogP contribution in [0.1, 0.15) is 22.8 Å². The minimum atomic E-state index is -0.274. The molecule has 27 heavy (non-hydrogen) atoms. The number of thiazole rings is 1. The van der Waals surface area contributed by atoms with Gasteiger partial charge in [0.2, 0.25) is 0 Å². The van der Waals surface area contributed by atoms with Crippen molar-refractivity contribution in [3.8, 4) is 5.75 Å². The number of nitrogens with one attached hydrogen (secondary N) is 1. The first kappa shape index (κ1) is 17.5. The molecular weight excluding hydrogens is 362 g/mol. The summed E-state index contributed by atoms with van der Waals surface area (Å²) in [6.45, 7) is 3.20. The number of aromatic nitrogens is 1. The maximum absolute atomic E-state index is 12.4. The molecule has 0 saturated heterocycles. The molecule has 138 valence electrons. The number of nitrogens with zero attached hydrogens (tertiary/aromatic N) is 2. The monoisotopic (exact) mass is 381 g/mol. The summed E-state index contributed by atoms with van der Waals surface area (Å²) in [7, 11) is 0. The molecular formula is C20H19N3O3S. The first-order valence-corrected chi connectivity index (χ1v) is 9.66. The van der Waals surface area contributed by atoms with Crippen molar-refractivity contribution in [2.45, 2.75) is 13.3 Å².